The number of hydrogen-bond donors (Lipinski definition) is 20. The molecule has 0 aliphatic rings. The molecule has 0 spiro atoms. The van der Waals surface area contributed by atoms with Crippen LogP contribution in [0.5, 0.6) is 0 Å². The summed E-state index contributed by atoms with van der Waals surface area (Å²) in [6, 6.07) is 0. The number of hydrogen-bond acceptors (Lipinski definition) is 20. The summed E-state index contributed by atoms with van der Waals surface area (Å²) in [5.41, 5.74) is -0.111. The number of aliphatic carboxylic acids is 12. The number of aliphatic hydroxyl groups excluding tert-OH is 8. The third-order valence-corrected chi connectivity index (χ3v) is 7.06. The maximum atomic E-state index is 9.60. The maximum absolute atomic E-state index is 9.60. The van der Waals surface area contributed by atoms with Gasteiger partial charge in [0.05, 0.1) is 63.7 Å². The van der Waals surface area contributed by atoms with Gasteiger partial charge in [-0.05, 0) is 83.1 Å². The summed E-state index contributed by atoms with van der Waals surface area (Å²) in [6.07, 6.45) is 0. The van der Waals surface area contributed by atoms with Crippen molar-refractivity contribution in [3.8, 4) is 0 Å². The molecule has 0 aromatic carbocycles. The summed E-state index contributed by atoms with van der Waals surface area (Å²) in [7, 11) is 0. The predicted molar refractivity (Wildman–Crippen MR) is 331 cm³/mol. The van der Waals surface area contributed by atoms with Crippen LogP contribution in [0.25, 0.3) is 0 Å². The van der Waals surface area contributed by atoms with Crippen molar-refractivity contribution < 1.29 is 160 Å². The smallest absolute Gasteiger partial charge is 0.330 e. The molecule has 0 heterocycles. The average Bonchev–Trinajstić information content (AvgIpc) is 3.42. The Balaban J connectivity index is -0.0000000577. The quantitative estimate of drug-likeness (QED) is 0.0773. The monoisotopic (exact) mass is 1300 g/mol. The Morgan fingerprint density at radius 1 is 0.178 bits per heavy atom. The lowest BCUT2D eigenvalue weighted by molar-refractivity contribution is -0.133. The lowest BCUT2D eigenvalue weighted by atomic mass is 9.93. The number of carboxylic acids is 12. The van der Waals surface area contributed by atoms with Gasteiger partial charge in [-0.3, -0.25) is 0 Å². The van der Waals surface area contributed by atoms with Crippen LogP contribution < -0.4 is 0 Å². The molecule has 32 heteroatoms. The molecule has 0 aromatic rings. The fraction of sp³-hybridized carbons (Fsp3) is 0.379. The van der Waals surface area contributed by atoms with E-state index in [1.165, 1.54) is 83.1 Å². The van der Waals surface area contributed by atoms with Gasteiger partial charge in [-0.15, -0.1) is 0 Å². The van der Waals surface area contributed by atoms with E-state index in [9.17, 15) is 57.5 Å². The minimum atomic E-state index is -1.11. The SMILES string of the molecule is C=C(C)C(=O)O.C=C(C)C(=O)O.C=C(C)C(=O)O.C=C(C)C(=O)O.C=C(C)C(=O)O.C=C(C)C(=O)O.C=C(C)C(=O)O.C=C(C)C(=O)O.C=C(C)C(=O)O.C=C(C)C(=O)O.C=C(C)C(=O)O.C=C(C)C(=O)O.OCC(CO)(CO)CO.OCC(CO)(CO)CO. The summed E-state index contributed by atoms with van der Waals surface area (Å²) in [5, 5.41) is 163. The fourth-order valence-electron chi connectivity index (χ4n) is 0.600. The van der Waals surface area contributed by atoms with E-state index in [0.717, 1.165) is 0 Å². The van der Waals surface area contributed by atoms with Crippen LogP contribution >= 0.6 is 0 Å². The number of aliphatic hydroxyl groups is 8. The standard InChI is InChI=1S/2C5H12O4.12C4H6O2/c2*6-1-5(2-7,3-8)4-9;12*1-3(2)4(5)6/h2*6-9H,1-4H2;12*1H2,2H3,(H,5,6). The minimum Gasteiger partial charge on any atom is -0.478 e. The van der Waals surface area contributed by atoms with E-state index in [1.54, 1.807) is 0 Å². The van der Waals surface area contributed by atoms with Gasteiger partial charge in [0.2, 0.25) is 0 Å². The largest absolute Gasteiger partial charge is 0.478 e. The van der Waals surface area contributed by atoms with E-state index in [-0.39, 0.29) is 66.9 Å². The molecular formula is C58H96O32. The molecule has 0 amide bonds. The molecule has 0 atom stereocenters. The van der Waals surface area contributed by atoms with Crippen molar-refractivity contribution in [1.29, 1.82) is 0 Å². The van der Waals surface area contributed by atoms with Crippen molar-refractivity contribution >= 4 is 71.6 Å². The third-order valence-electron chi connectivity index (χ3n) is 7.06. The first kappa shape index (κ1) is 115. The van der Waals surface area contributed by atoms with Crippen LogP contribution in [0.3, 0.4) is 0 Å². The highest BCUT2D eigenvalue weighted by Crippen LogP contribution is 2.12. The molecule has 0 aliphatic carbocycles. The molecule has 0 radical (unpaired) electrons. The van der Waals surface area contributed by atoms with Crippen LogP contribution in [0, 0.1) is 10.8 Å². The molecule has 0 saturated carbocycles. The van der Waals surface area contributed by atoms with Gasteiger partial charge in [-0.1, -0.05) is 78.9 Å². The van der Waals surface area contributed by atoms with E-state index in [0.29, 0.717) is 0 Å². The molecule has 520 valence electrons. The minimum absolute atomic E-state index is 0.176. The second kappa shape index (κ2) is 71.7. The Bertz CT molecular complexity index is 1670. The van der Waals surface area contributed by atoms with E-state index in [1.807, 2.05) is 0 Å². The zero-order chi connectivity index (χ0) is 76.5. The summed E-state index contributed by atoms with van der Waals surface area (Å²) >= 11 is 0. The summed E-state index contributed by atoms with van der Waals surface area (Å²) < 4.78 is 0. The first-order valence-corrected chi connectivity index (χ1v) is 23.7. The summed E-state index contributed by atoms with van der Waals surface area (Å²) in [6.45, 7) is 52.0. The van der Waals surface area contributed by atoms with Crippen LogP contribution in [0.15, 0.2) is 146 Å². The Morgan fingerprint density at radius 2 is 0.211 bits per heavy atom. The molecule has 0 aliphatic heterocycles. The first-order chi connectivity index (χ1) is 40.2. The lowest BCUT2D eigenvalue weighted by Gasteiger charge is -2.23. The van der Waals surface area contributed by atoms with Gasteiger partial charge in [-0.25, -0.2) is 57.5 Å². The molecule has 0 bridgehead atoms. The highest BCUT2D eigenvalue weighted by atomic mass is 16.4. The molecule has 0 fully saturated rings. The summed E-state index contributed by atoms with van der Waals surface area (Å²) in [5.74, 6) is -11.2. The number of carbonyl (C=O) groups is 12. The van der Waals surface area contributed by atoms with Gasteiger partial charge in [0.25, 0.3) is 0 Å². The van der Waals surface area contributed by atoms with Crippen molar-refractivity contribution in [2.24, 2.45) is 10.8 Å². The Hall–Kier alpha value is -9.80. The predicted octanol–water partition coefficient (Wildman–Crippen LogP) is 3.65. The molecule has 32 nitrogen and oxygen atoms in total. The van der Waals surface area contributed by atoms with Gasteiger partial charge in [0.15, 0.2) is 0 Å². The topological polar surface area (TPSA) is 609 Å². The van der Waals surface area contributed by atoms with Crippen molar-refractivity contribution in [2.75, 3.05) is 52.9 Å². The Morgan fingerprint density at radius 3 is 0.211 bits per heavy atom. The van der Waals surface area contributed by atoms with E-state index < -0.39 is 135 Å². The molecule has 0 rings (SSSR count). The van der Waals surface area contributed by atoms with E-state index in [4.69, 9.17) is 102 Å². The van der Waals surface area contributed by atoms with Crippen molar-refractivity contribution in [3.05, 3.63) is 146 Å². The van der Waals surface area contributed by atoms with Gasteiger partial charge in [-0.2, -0.15) is 0 Å². The van der Waals surface area contributed by atoms with Gasteiger partial charge in [0.1, 0.15) is 0 Å². The average molecular weight is 1310 g/mol. The van der Waals surface area contributed by atoms with Crippen molar-refractivity contribution in [3.63, 3.8) is 0 Å². The highest BCUT2D eigenvalue weighted by Gasteiger charge is 2.27. The van der Waals surface area contributed by atoms with E-state index >= 15 is 0 Å². The molecule has 0 saturated heterocycles. The number of carboxylic acid groups (broad SMARTS) is 12. The molecule has 0 aromatic heterocycles. The lowest BCUT2D eigenvalue weighted by Crippen LogP contribution is -2.37. The second-order valence-corrected chi connectivity index (χ2v) is 17.3. The van der Waals surface area contributed by atoms with Crippen LogP contribution in [0.2, 0.25) is 0 Å². The fourth-order valence-corrected chi connectivity index (χ4v) is 0.600. The molecule has 0 unspecified atom stereocenters. The Kier molecular flexibility index (Phi) is 91.4. The summed E-state index contributed by atoms with van der Waals surface area (Å²) in [4.78, 5) is 115. The van der Waals surface area contributed by atoms with Gasteiger partial charge in [0, 0.05) is 66.9 Å². The van der Waals surface area contributed by atoms with Crippen LogP contribution in [0.1, 0.15) is 83.1 Å². The van der Waals surface area contributed by atoms with Crippen LogP contribution in [0.4, 0.5) is 0 Å². The normalized spacial score (nSPS) is 8.40. The highest BCUT2D eigenvalue weighted by molar-refractivity contribution is 5.88. The maximum Gasteiger partial charge on any atom is 0.330 e. The van der Waals surface area contributed by atoms with Crippen molar-refractivity contribution in [1.82, 2.24) is 0 Å². The molecule has 90 heavy (non-hydrogen) atoms. The van der Waals surface area contributed by atoms with Gasteiger partial charge >= 0.3 is 71.6 Å². The van der Waals surface area contributed by atoms with E-state index in [2.05, 4.69) is 78.9 Å². The zero-order valence-electron chi connectivity index (χ0n) is 53.0. The van der Waals surface area contributed by atoms with Gasteiger partial charge < -0.3 is 102 Å². The van der Waals surface area contributed by atoms with Crippen LogP contribution in [-0.4, -0.2) is 227 Å². The van der Waals surface area contributed by atoms with Crippen LogP contribution in [-0.2, 0) is 57.5 Å². The zero-order valence-corrected chi connectivity index (χ0v) is 53.0. The third kappa shape index (κ3) is 120. The Labute approximate surface area is 522 Å². The first-order valence-electron chi connectivity index (χ1n) is 23.7. The molecule has 20 N–H and O–H groups in total. The number of rotatable bonds is 20. The van der Waals surface area contributed by atoms with Crippen molar-refractivity contribution in [2.45, 2.75) is 83.1 Å². The molecular weight excluding hydrogens is 1210 g/mol. The second-order valence-electron chi connectivity index (χ2n) is 17.3.